The summed E-state index contributed by atoms with van der Waals surface area (Å²) in [5, 5.41) is 9.67. The highest BCUT2D eigenvalue weighted by molar-refractivity contribution is 6.58. The van der Waals surface area contributed by atoms with Crippen molar-refractivity contribution in [3.63, 3.8) is 0 Å². The van der Waals surface area contributed by atoms with Crippen LogP contribution >= 0.6 is 23.2 Å². The lowest BCUT2D eigenvalue weighted by Crippen LogP contribution is -2.40. The summed E-state index contributed by atoms with van der Waals surface area (Å²) in [6.45, 7) is 2.13. The molecule has 0 amide bonds. The molecular weight excluding hydrogens is 251 g/mol. The van der Waals surface area contributed by atoms with Crippen LogP contribution in [-0.4, -0.2) is 28.6 Å². The number of hydrogen-bond acceptors (Lipinski definition) is 3. The highest BCUT2D eigenvalue weighted by Crippen LogP contribution is 2.30. The van der Waals surface area contributed by atoms with Gasteiger partial charge in [-0.3, -0.25) is 0 Å². The molecule has 0 aromatic heterocycles. The van der Waals surface area contributed by atoms with Gasteiger partial charge < -0.3 is 9.84 Å². The number of aliphatic hydroxyl groups excluding tert-OH is 1. The average molecular weight is 271 g/mol. The van der Waals surface area contributed by atoms with Gasteiger partial charge in [0.25, 0.3) is 0 Å². The van der Waals surface area contributed by atoms with E-state index in [-0.39, 0.29) is 0 Å². The van der Waals surface area contributed by atoms with E-state index in [4.69, 9.17) is 23.2 Å². The molecule has 0 aliphatic carbocycles. The number of alkyl halides is 2. The van der Waals surface area contributed by atoms with Gasteiger partial charge in [0, 0.05) is 0 Å². The molecule has 0 rings (SSSR count). The second-order valence-corrected chi connectivity index (χ2v) is 5.22. The second kappa shape index (κ2) is 8.15. The van der Waals surface area contributed by atoms with Crippen molar-refractivity contribution in [1.29, 1.82) is 0 Å². The van der Waals surface area contributed by atoms with Crippen molar-refractivity contribution in [3.8, 4) is 0 Å². The van der Waals surface area contributed by atoms with Crippen molar-refractivity contribution in [2.75, 3.05) is 7.11 Å². The molecule has 16 heavy (non-hydrogen) atoms. The Kier molecular flexibility index (Phi) is 8.16. The van der Waals surface area contributed by atoms with Crippen LogP contribution in [0.3, 0.4) is 0 Å². The maximum atomic E-state index is 11.2. The van der Waals surface area contributed by atoms with Crippen LogP contribution in [-0.2, 0) is 9.53 Å². The van der Waals surface area contributed by atoms with Gasteiger partial charge in [0.05, 0.1) is 13.2 Å². The second-order valence-electron chi connectivity index (χ2n) is 3.83. The van der Waals surface area contributed by atoms with Crippen molar-refractivity contribution in [2.45, 2.75) is 55.9 Å². The molecule has 0 aromatic rings. The lowest BCUT2D eigenvalue weighted by atomic mass is 10.1. The van der Waals surface area contributed by atoms with Crippen LogP contribution in [0.5, 0.6) is 0 Å². The summed E-state index contributed by atoms with van der Waals surface area (Å²) < 4.78 is 2.57. The minimum Gasteiger partial charge on any atom is -0.467 e. The van der Waals surface area contributed by atoms with E-state index < -0.39 is 16.4 Å². The largest absolute Gasteiger partial charge is 0.467 e. The fourth-order valence-electron chi connectivity index (χ4n) is 1.39. The quantitative estimate of drug-likeness (QED) is 0.419. The fraction of sp³-hybridized carbons (Fsp3) is 0.909. The van der Waals surface area contributed by atoms with Crippen LogP contribution in [0.2, 0.25) is 0 Å². The summed E-state index contributed by atoms with van der Waals surface area (Å²) >= 11 is 11.4. The summed E-state index contributed by atoms with van der Waals surface area (Å²) in [6.07, 6.45) is 4.62. The number of hydrogen-bond donors (Lipinski definition) is 1. The Morgan fingerprint density at radius 3 is 2.38 bits per heavy atom. The normalized spacial score (nSPS) is 13.6. The Hall–Kier alpha value is 0.01000. The zero-order valence-corrected chi connectivity index (χ0v) is 11.4. The van der Waals surface area contributed by atoms with Crippen LogP contribution in [0.25, 0.3) is 0 Å². The van der Waals surface area contributed by atoms with Crippen LogP contribution in [0.15, 0.2) is 0 Å². The van der Waals surface area contributed by atoms with E-state index in [0.717, 1.165) is 19.3 Å². The number of carbonyl (C=O) groups excluding carboxylic acids is 1. The summed E-state index contributed by atoms with van der Waals surface area (Å²) in [6, 6.07) is 0. The zero-order valence-electron chi connectivity index (χ0n) is 9.84. The highest BCUT2D eigenvalue weighted by Gasteiger charge is 2.42. The fourth-order valence-corrected chi connectivity index (χ4v) is 1.77. The third-order valence-electron chi connectivity index (χ3n) is 2.46. The minimum absolute atomic E-state index is 0.409. The van der Waals surface area contributed by atoms with E-state index >= 15 is 0 Å². The lowest BCUT2D eigenvalue weighted by molar-refractivity contribution is -0.144. The lowest BCUT2D eigenvalue weighted by Gasteiger charge is -2.22. The predicted octanol–water partition coefficient (Wildman–Crippen LogP) is 3.05. The number of ether oxygens (including phenoxy) is 1. The number of carbonyl (C=O) groups is 1. The first kappa shape index (κ1) is 16.0. The monoisotopic (exact) mass is 270 g/mol. The summed E-state index contributed by atoms with van der Waals surface area (Å²) in [5.41, 5.74) is 0. The average Bonchev–Trinajstić information content (AvgIpc) is 2.27. The van der Waals surface area contributed by atoms with Crippen LogP contribution in [0.1, 0.15) is 45.4 Å². The van der Waals surface area contributed by atoms with Gasteiger partial charge in [-0.15, -0.1) is 0 Å². The van der Waals surface area contributed by atoms with Gasteiger partial charge in [0.2, 0.25) is 4.33 Å². The molecular formula is C11H20Cl2O3. The van der Waals surface area contributed by atoms with Gasteiger partial charge in [0.15, 0.2) is 0 Å². The first-order valence-corrected chi connectivity index (χ1v) is 6.36. The Balaban J connectivity index is 3.86. The number of aliphatic hydroxyl groups is 1. The molecule has 1 unspecified atom stereocenters. The molecule has 5 heteroatoms. The van der Waals surface area contributed by atoms with Gasteiger partial charge in [-0.05, 0) is 6.42 Å². The van der Waals surface area contributed by atoms with Crippen molar-refractivity contribution in [1.82, 2.24) is 0 Å². The Morgan fingerprint density at radius 1 is 1.31 bits per heavy atom. The molecule has 0 fully saturated rings. The molecule has 0 saturated carbocycles. The number of methoxy groups -OCH3 is 1. The molecule has 96 valence electrons. The van der Waals surface area contributed by atoms with E-state index in [2.05, 4.69) is 11.7 Å². The molecule has 0 aromatic carbocycles. The molecule has 0 aliphatic heterocycles. The standard InChI is InChI=1S/C11H20Cl2O3/c1-3-4-5-6-7-8-9(14)11(12,13)10(15)16-2/h9,14H,3-8H2,1-2H3. The zero-order chi connectivity index (χ0) is 12.6. The predicted molar refractivity (Wildman–Crippen MR) is 65.8 cm³/mol. The summed E-state index contributed by atoms with van der Waals surface area (Å²) in [7, 11) is 1.19. The van der Waals surface area contributed by atoms with Gasteiger partial charge >= 0.3 is 5.97 Å². The minimum atomic E-state index is -1.85. The third-order valence-corrected chi connectivity index (χ3v) is 3.27. The first-order chi connectivity index (χ1) is 7.46. The van der Waals surface area contributed by atoms with Crippen LogP contribution < -0.4 is 0 Å². The maximum Gasteiger partial charge on any atom is 0.345 e. The molecule has 1 atom stereocenters. The molecule has 0 spiro atoms. The van der Waals surface area contributed by atoms with Gasteiger partial charge in [-0.25, -0.2) is 4.79 Å². The van der Waals surface area contributed by atoms with E-state index in [1.807, 2.05) is 0 Å². The Bertz CT molecular complexity index is 207. The molecule has 1 N–H and O–H groups in total. The SMILES string of the molecule is CCCCCCCC(O)C(Cl)(Cl)C(=O)OC. The van der Waals surface area contributed by atoms with E-state index in [9.17, 15) is 9.90 Å². The van der Waals surface area contributed by atoms with Crippen molar-refractivity contribution in [3.05, 3.63) is 0 Å². The van der Waals surface area contributed by atoms with E-state index in [0.29, 0.717) is 6.42 Å². The van der Waals surface area contributed by atoms with Gasteiger partial charge in [-0.1, -0.05) is 62.2 Å². The molecule has 0 aliphatic rings. The van der Waals surface area contributed by atoms with Crippen LogP contribution in [0, 0.1) is 0 Å². The topological polar surface area (TPSA) is 46.5 Å². The number of esters is 1. The number of unbranched alkanes of at least 4 members (excludes halogenated alkanes) is 4. The molecule has 0 saturated heterocycles. The molecule has 0 heterocycles. The van der Waals surface area contributed by atoms with Crippen LogP contribution in [0.4, 0.5) is 0 Å². The molecule has 0 radical (unpaired) electrons. The Labute approximate surface area is 107 Å². The third kappa shape index (κ3) is 5.37. The van der Waals surface area contributed by atoms with E-state index in [1.165, 1.54) is 20.0 Å². The van der Waals surface area contributed by atoms with E-state index in [1.54, 1.807) is 0 Å². The highest BCUT2D eigenvalue weighted by atomic mass is 35.5. The van der Waals surface area contributed by atoms with Crippen molar-refractivity contribution < 1.29 is 14.6 Å². The molecule has 3 nitrogen and oxygen atoms in total. The van der Waals surface area contributed by atoms with Crippen molar-refractivity contribution in [2.24, 2.45) is 0 Å². The smallest absolute Gasteiger partial charge is 0.345 e. The van der Waals surface area contributed by atoms with Gasteiger partial charge in [-0.2, -0.15) is 0 Å². The first-order valence-electron chi connectivity index (χ1n) is 5.61. The van der Waals surface area contributed by atoms with Crippen molar-refractivity contribution >= 4 is 29.2 Å². The summed E-state index contributed by atoms with van der Waals surface area (Å²) in [4.78, 5) is 11.2. The molecule has 0 bridgehead atoms. The Morgan fingerprint density at radius 2 is 1.88 bits per heavy atom. The number of rotatable bonds is 8. The number of halogens is 2. The summed E-state index contributed by atoms with van der Waals surface area (Å²) in [5.74, 6) is -0.808. The maximum absolute atomic E-state index is 11.2. The van der Waals surface area contributed by atoms with Gasteiger partial charge in [0.1, 0.15) is 0 Å².